The summed E-state index contributed by atoms with van der Waals surface area (Å²) in [5.41, 5.74) is 1.64. The standard InChI is InChI=1S/C20H17N5O4/c1-2-29-19(26)16-17(13-8-4-3-5-9-13)23-20-21-12-22-24(20)18(16)14-10-6-7-11-15(14)25(27)28/h3-12,18H,2H2,1H3,(H,21,22,23)/t18-/m0/s1. The molecule has 1 N–H and O–H groups in total. The summed E-state index contributed by atoms with van der Waals surface area (Å²) in [5.74, 6) is -0.205. The number of anilines is 1. The van der Waals surface area contributed by atoms with Gasteiger partial charge in [-0.2, -0.15) is 10.1 Å². The van der Waals surface area contributed by atoms with Crippen LogP contribution < -0.4 is 5.32 Å². The third kappa shape index (κ3) is 3.22. The van der Waals surface area contributed by atoms with Gasteiger partial charge in [-0.15, -0.1) is 0 Å². The summed E-state index contributed by atoms with van der Waals surface area (Å²) in [6, 6.07) is 14.6. The van der Waals surface area contributed by atoms with Gasteiger partial charge in [0.1, 0.15) is 12.4 Å². The smallest absolute Gasteiger partial charge is 0.338 e. The van der Waals surface area contributed by atoms with Crippen molar-refractivity contribution in [1.29, 1.82) is 0 Å². The van der Waals surface area contributed by atoms with Gasteiger partial charge in [0.05, 0.1) is 28.4 Å². The Morgan fingerprint density at radius 1 is 1.21 bits per heavy atom. The topological polar surface area (TPSA) is 112 Å². The molecule has 0 aliphatic carbocycles. The molecule has 1 atom stereocenters. The average molecular weight is 391 g/mol. The van der Waals surface area contributed by atoms with Crippen LogP contribution >= 0.6 is 0 Å². The van der Waals surface area contributed by atoms with E-state index in [9.17, 15) is 14.9 Å². The van der Waals surface area contributed by atoms with Crippen molar-refractivity contribution in [2.24, 2.45) is 0 Å². The summed E-state index contributed by atoms with van der Waals surface area (Å²) in [5, 5.41) is 19.0. The number of para-hydroxylation sites is 1. The fourth-order valence-electron chi connectivity index (χ4n) is 3.39. The number of hydrogen-bond acceptors (Lipinski definition) is 7. The molecule has 0 saturated carbocycles. The predicted molar refractivity (Wildman–Crippen MR) is 105 cm³/mol. The van der Waals surface area contributed by atoms with Crippen LogP contribution in [-0.2, 0) is 9.53 Å². The van der Waals surface area contributed by atoms with E-state index in [1.54, 1.807) is 25.1 Å². The van der Waals surface area contributed by atoms with Crippen molar-refractivity contribution in [2.45, 2.75) is 13.0 Å². The lowest BCUT2D eigenvalue weighted by atomic mass is 9.92. The highest BCUT2D eigenvalue weighted by Crippen LogP contribution is 2.41. The van der Waals surface area contributed by atoms with Gasteiger partial charge < -0.3 is 10.1 Å². The van der Waals surface area contributed by atoms with Crippen molar-refractivity contribution in [3.63, 3.8) is 0 Å². The summed E-state index contributed by atoms with van der Waals surface area (Å²) in [6.07, 6.45) is 1.33. The van der Waals surface area contributed by atoms with E-state index in [0.29, 0.717) is 17.2 Å². The summed E-state index contributed by atoms with van der Waals surface area (Å²) in [4.78, 5) is 28.4. The molecule has 0 spiro atoms. The van der Waals surface area contributed by atoms with Crippen LogP contribution in [0.3, 0.4) is 0 Å². The molecule has 1 aliphatic heterocycles. The minimum atomic E-state index is -0.871. The number of nitrogens with zero attached hydrogens (tertiary/aromatic N) is 4. The summed E-state index contributed by atoms with van der Waals surface area (Å²) in [6.45, 7) is 1.87. The third-order valence-electron chi connectivity index (χ3n) is 4.58. The predicted octanol–water partition coefficient (Wildman–Crippen LogP) is 3.18. The number of rotatable bonds is 5. The van der Waals surface area contributed by atoms with Crippen molar-refractivity contribution in [3.05, 3.63) is 87.7 Å². The summed E-state index contributed by atoms with van der Waals surface area (Å²) >= 11 is 0. The molecule has 0 saturated heterocycles. The number of carbonyl (C=O) groups is 1. The number of hydrogen-bond donors (Lipinski definition) is 1. The lowest BCUT2D eigenvalue weighted by molar-refractivity contribution is -0.385. The number of nitro groups is 1. The molecule has 9 heteroatoms. The molecule has 3 aromatic rings. The van der Waals surface area contributed by atoms with E-state index >= 15 is 0 Å². The average Bonchev–Trinajstić information content (AvgIpc) is 3.21. The lowest BCUT2D eigenvalue weighted by Gasteiger charge is -2.29. The molecule has 0 bridgehead atoms. The Hall–Kier alpha value is -4.01. The normalized spacial score (nSPS) is 15.4. The lowest BCUT2D eigenvalue weighted by Crippen LogP contribution is -2.30. The zero-order valence-corrected chi connectivity index (χ0v) is 15.5. The van der Waals surface area contributed by atoms with Gasteiger partial charge in [-0.1, -0.05) is 42.5 Å². The molecule has 4 rings (SSSR count). The molecule has 1 aromatic heterocycles. The molecule has 0 radical (unpaired) electrons. The number of nitrogens with one attached hydrogen (secondary N) is 1. The maximum absolute atomic E-state index is 13.0. The number of ether oxygens (including phenoxy) is 1. The highest BCUT2D eigenvalue weighted by molar-refractivity contribution is 6.02. The first-order chi connectivity index (χ1) is 14.1. The van der Waals surface area contributed by atoms with Gasteiger partial charge in [-0.3, -0.25) is 10.1 Å². The van der Waals surface area contributed by atoms with E-state index in [2.05, 4.69) is 15.4 Å². The monoisotopic (exact) mass is 391 g/mol. The molecule has 2 heterocycles. The molecule has 0 unspecified atom stereocenters. The molecule has 1 aliphatic rings. The van der Waals surface area contributed by atoms with Crippen LogP contribution in [0.2, 0.25) is 0 Å². The van der Waals surface area contributed by atoms with Crippen LogP contribution in [0.1, 0.15) is 24.1 Å². The van der Waals surface area contributed by atoms with Crippen LogP contribution in [0.25, 0.3) is 5.70 Å². The van der Waals surface area contributed by atoms with E-state index in [-0.39, 0.29) is 17.9 Å². The van der Waals surface area contributed by atoms with Crippen LogP contribution in [0.15, 0.2) is 66.5 Å². The maximum atomic E-state index is 13.0. The number of esters is 1. The van der Waals surface area contributed by atoms with Crippen LogP contribution in [-0.4, -0.2) is 32.3 Å². The first kappa shape index (κ1) is 18.4. The van der Waals surface area contributed by atoms with Gasteiger partial charge >= 0.3 is 5.97 Å². The second kappa shape index (κ2) is 7.55. The van der Waals surface area contributed by atoms with E-state index in [1.165, 1.54) is 17.1 Å². The first-order valence-corrected chi connectivity index (χ1v) is 8.98. The molecule has 146 valence electrons. The Balaban J connectivity index is 2.02. The SMILES string of the molecule is CCOC(=O)C1=C(c2ccccc2)Nc2ncnn2[C@H]1c1ccccc1[N+](=O)[O-]. The summed E-state index contributed by atoms with van der Waals surface area (Å²) in [7, 11) is 0. The van der Waals surface area contributed by atoms with Gasteiger partial charge in [-0.05, 0) is 18.6 Å². The molecule has 2 aromatic carbocycles. The fraction of sp³-hybridized carbons (Fsp3) is 0.150. The second-order valence-electron chi connectivity index (χ2n) is 6.25. The fourth-order valence-corrected chi connectivity index (χ4v) is 3.39. The Morgan fingerprint density at radius 2 is 1.93 bits per heavy atom. The molecule has 0 fully saturated rings. The van der Waals surface area contributed by atoms with E-state index in [4.69, 9.17) is 4.74 Å². The number of carbonyl (C=O) groups excluding carboxylic acids is 1. The van der Waals surface area contributed by atoms with Crippen LogP contribution in [0.5, 0.6) is 0 Å². The van der Waals surface area contributed by atoms with Crippen LogP contribution in [0.4, 0.5) is 11.6 Å². The molecule has 9 nitrogen and oxygen atoms in total. The molecule has 0 amide bonds. The van der Waals surface area contributed by atoms with Crippen molar-refractivity contribution in [1.82, 2.24) is 14.8 Å². The molecular weight excluding hydrogens is 374 g/mol. The van der Waals surface area contributed by atoms with Crippen molar-refractivity contribution < 1.29 is 14.5 Å². The minimum Gasteiger partial charge on any atom is -0.463 e. The number of nitro benzene ring substituents is 1. The quantitative estimate of drug-likeness (QED) is 0.404. The van der Waals surface area contributed by atoms with Gasteiger partial charge in [0.2, 0.25) is 5.95 Å². The highest BCUT2D eigenvalue weighted by atomic mass is 16.6. The van der Waals surface area contributed by atoms with Crippen LogP contribution in [0, 0.1) is 10.1 Å². The number of benzene rings is 2. The van der Waals surface area contributed by atoms with Gasteiger partial charge in [-0.25, -0.2) is 9.48 Å². The Labute approximate surface area is 165 Å². The van der Waals surface area contributed by atoms with Crippen molar-refractivity contribution >= 4 is 23.3 Å². The zero-order chi connectivity index (χ0) is 20.4. The number of aromatic nitrogens is 3. The Morgan fingerprint density at radius 3 is 2.66 bits per heavy atom. The Kier molecular flexibility index (Phi) is 4.78. The largest absolute Gasteiger partial charge is 0.463 e. The van der Waals surface area contributed by atoms with E-state index in [1.807, 2.05) is 30.3 Å². The Bertz CT molecular complexity index is 1110. The van der Waals surface area contributed by atoms with E-state index in [0.717, 1.165) is 5.56 Å². The van der Waals surface area contributed by atoms with Gasteiger partial charge in [0, 0.05) is 6.07 Å². The molecule has 29 heavy (non-hydrogen) atoms. The van der Waals surface area contributed by atoms with Gasteiger partial charge in [0.25, 0.3) is 5.69 Å². The number of fused-ring (bicyclic) bond motifs is 1. The summed E-state index contributed by atoms with van der Waals surface area (Å²) < 4.78 is 6.77. The van der Waals surface area contributed by atoms with Crippen molar-refractivity contribution in [2.75, 3.05) is 11.9 Å². The highest BCUT2D eigenvalue weighted by Gasteiger charge is 2.39. The zero-order valence-electron chi connectivity index (χ0n) is 15.5. The third-order valence-corrected chi connectivity index (χ3v) is 4.58. The second-order valence-corrected chi connectivity index (χ2v) is 6.25. The van der Waals surface area contributed by atoms with Gasteiger partial charge in [0.15, 0.2) is 0 Å². The van der Waals surface area contributed by atoms with Crippen molar-refractivity contribution in [3.8, 4) is 0 Å². The molecular formula is C20H17N5O4. The maximum Gasteiger partial charge on any atom is 0.338 e. The first-order valence-electron chi connectivity index (χ1n) is 8.98. The van der Waals surface area contributed by atoms with E-state index < -0.39 is 16.9 Å². The minimum absolute atomic E-state index is 0.116.